The molecule has 1 heterocycles. The molecule has 0 bridgehead atoms. The van der Waals surface area contributed by atoms with Crippen LogP contribution in [0.3, 0.4) is 0 Å². The predicted molar refractivity (Wildman–Crippen MR) is 53.1 cm³/mol. The van der Waals surface area contributed by atoms with Gasteiger partial charge in [-0.05, 0) is 31.7 Å². The molecule has 0 saturated carbocycles. The van der Waals surface area contributed by atoms with Gasteiger partial charge in [0.2, 0.25) is 0 Å². The first kappa shape index (κ1) is 11.5. The highest BCUT2D eigenvalue weighted by Crippen LogP contribution is 2.19. The molecular formula is C10H19NO3. The summed E-state index contributed by atoms with van der Waals surface area (Å²) in [6.07, 6.45) is 2.64. The number of hydrogen-bond donors (Lipinski definition) is 2. The third-order valence-electron chi connectivity index (χ3n) is 2.92. The molecule has 82 valence electrons. The molecule has 0 radical (unpaired) electrons. The highest BCUT2D eigenvalue weighted by molar-refractivity contribution is 5.73. The van der Waals surface area contributed by atoms with Gasteiger partial charge in [0.15, 0.2) is 0 Å². The molecule has 1 aliphatic rings. The minimum absolute atomic E-state index is 0.173. The lowest BCUT2D eigenvalue weighted by Crippen LogP contribution is -2.47. The number of carboxylic acids is 1. The van der Waals surface area contributed by atoms with Gasteiger partial charge in [-0.1, -0.05) is 6.92 Å². The lowest BCUT2D eigenvalue weighted by Gasteiger charge is -2.35. The molecule has 1 fully saturated rings. The lowest BCUT2D eigenvalue weighted by molar-refractivity contribution is -0.144. The molecule has 0 spiro atoms. The van der Waals surface area contributed by atoms with Crippen molar-refractivity contribution >= 4 is 5.97 Å². The Kier molecular flexibility index (Phi) is 4.35. The van der Waals surface area contributed by atoms with Crippen LogP contribution >= 0.6 is 0 Å². The molecule has 0 aromatic heterocycles. The number of aliphatic carboxylic acids is 1. The Bertz CT molecular complexity index is 196. The molecule has 1 rings (SSSR count). The first-order valence-corrected chi connectivity index (χ1v) is 5.26. The van der Waals surface area contributed by atoms with Crippen molar-refractivity contribution in [3.05, 3.63) is 0 Å². The third-order valence-corrected chi connectivity index (χ3v) is 2.92. The fraction of sp³-hybridized carbons (Fsp3) is 0.900. The second-order valence-corrected chi connectivity index (χ2v) is 3.95. The molecule has 0 aliphatic carbocycles. The summed E-state index contributed by atoms with van der Waals surface area (Å²) >= 11 is 0. The average Bonchev–Trinajstić information content (AvgIpc) is 2.19. The standard InChI is InChI=1S/C10H19NO3/c1-2-9(10(13)14)11-5-3-4-8(6-11)7-12/h8-9,12H,2-7H2,1H3,(H,13,14)/t8-,9-/m0/s1. The third kappa shape index (κ3) is 2.69. The van der Waals surface area contributed by atoms with Crippen LogP contribution in [0.4, 0.5) is 0 Å². The van der Waals surface area contributed by atoms with E-state index in [1.54, 1.807) is 0 Å². The zero-order valence-corrected chi connectivity index (χ0v) is 8.65. The van der Waals surface area contributed by atoms with Crippen molar-refractivity contribution in [1.82, 2.24) is 4.90 Å². The number of nitrogens with zero attached hydrogens (tertiary/aromatic N) is 1. The fourth-order valence-corrected chi connectivity index (χ4v) is 2.12. The zero-order valence-electron chi connectivity index (χ0n) is 8.65. The molecule has 1 aliphatic heterocycles. The van der Waals surface area contributed by atoms with Crippen molar-refractivity contribution in [2.24, 2.45) is 5.92 Å². The lowest BCUT2D eigenvalue weighted by atomic mass is 9.97. The number of hydrogen-bond acceptors (Lipinski definition) is 3. The van der Waals surface area contributed by atoms with E-state index in [1.807, 2.05) is 11.8 Å². The largest absolute Gasteiger partial charge is 0.480 e. The van der Waals surface area contributed by atoms with Crippen LogP contribution < -0.4 is 0 Å². The van der Waals surface area contributed by atoms with Crippen molar-refractivity contribution < 1.29 is 15.0 Å². The Morgan fingerprint density at radius 2 is 2.36 bits per heavy atom. The van der Waals surface area contributed by atoms with Crippen LogP contribution in [-0.4, -0.2) is 46.8 Å². The first-order chi connectivity index (χ1) is 6.69. The number of likely N-dealkylation sites (tertiary alicyclic amines) is 1. The van der Waals surface area contributed by atoms with Gasteiger partial charge in [-0.3, -0.25) is 9.69 Å². The summed E-state index contributed by atoms with van der Waals surface area (Å²) in [6, 6.07) is -0.371. The number of carbonyl (C=O) groups is 1. The van der Waals surface area contributed by atoms with Crippen molar-refractivity contribution in [3.8, 4) is 0 Å². The number of aliphatic hydroxyl groups is 1. The Hall–Kier alpha value is -0.610. The van der Waals surface area contributed by atoms with E-state index in [9.17, 15) is 4.79 Å². The van der Waals surface area contributed by atoms with Gasteiger partial charge in [0, 0.05) is 13.2 Å². The maximum absolute atomic E-state index is 10.9. The van der Waals surface area contributed by atoms with Gasteiger partial charge in [-0.25, -0.2) is 0 Å². The molecule has 0 aromatic carbocycles. The van der Waals surface area contributed by atoms with Crippen LogP contribution in [0, 0.1) is 5.92 Å². The van der Waals surface area contributed by atoms with E-state index in [0.29, 0.717) is 6.42 Å². The monoisotopic (exact) mass is 201 g/mol. The van der Waals surface area contributed by atoms with E-state index in [0.717, 1.165) is 25.9 Å². The molecule has 0 aromatic rings. The molecule has 4 nitrogen and oxygen atoms in total. The van der Waals surface area contributed by atoms with Crippen LogP contribution in [0.1, 0.15) is 26.2 Å². The smallest absolute Gasteiger partial charge is 0.320 e. The summed E-state index contributed by atoms with van der Waals surface area (Å²) in [7, 11) is 0. The number of rotatable bonds is 4. The van der Waals surface area contributed by atoms with Gasteiger partial charge in [0.05, 0.1) is 0 Å². The van der Waals surface area contributed by atoms with Gasteiger partial charge in [-0.15, -0.1) is 0 Å². The predicted octanol–water partition coefficient (Wildman–Crippen LogP) is 0.554. The second-order valence-electron chi connectivity index (χ2n) is 3.95. The van der Waals surface area contributed by atoms with Crippen LogP contribution in [0.15, 0.2) is 0 Å². The van der Waals surface area contributed by atoms with Gasteiger partial charge < -0.3 is 10.2 Å². The van der Waals surface area contributed by atoms with E-state index >= 15 is 0 Å². The minimum atomic E-state index is -0.744. The van der Waals surface area contributed by atoms with Gasteiger partial charge >= 0.3 is 5.97 Å². The van der Waals surface area contributed by atoms with Crippen LogP contribution in [0.2, 0.25) is 0 Å². The van der Waals surface area contributed by atoms with Gasteiger partial charge in [-0.2, -0.15) is 0 Å². The van der Waals surface area contributed by atoms with Crippen LogP contribution in [0.5, 0.6) is 0 Å². The van der Waals surface area contributed by atoms with E-state index in [2.05, 4.69) is 0 Å². The van der Waals surface area contributed by atoms with Crippen molar-refractivity contribution in [2.45, 2.75) is 32.2 Å². The molecule has 1 saturated heterocycles. The van der Waals surface area contributed by atoms with Crippen molar-refractivity contribution in [2.75, 3.05) is 19.7 Å². The first-order valence-electron chi connectivity index (χ1n) is 5.26. The maximum atomic E-state index is 10.9. The normalized spacial score (nSPS) is 26.0. The topological polar surface area (TPSA) is 60.8 Å². The number of carboxylic acid groups (broad SMARTS) is 1. The summed E-state index contributed by atoms with van der Waals surface area (Å²) in [4.78, 5) is 12.9. The van der Waals surface area contributed by atoms with Gasteiger partial charge in [0.25, 0.3) is 0 Å². The van der Waals surface area contributed by atoms with E-state index < -0.39 is 5.97 Å². The highest BCUT2D eigenvalue weighted by atomic mass is 16.4. The Labute approximate surface area is 84.5 Å². The molecule has 2 atom stereocenters. The summed E-state index contributed by atoms with van der Waals surface area (Å²) < 4.78 is 0. The molecule has 0 unspecified atom stereocenters. The molecule has 0 amide bonds. The number of aliphatic hydroxyl groups excluding tert-OH is 1. The van der Waals surface area contributed by atoms with Crippen molar-refractivity contribution in [3.63, 3.8) is 0 Å². The highest BCUT2D eigenvalue weighted by Gasteiger charge is 2.28. The minimum Gasteiger partial charge on any atom is -0.480 e. The van der Waals surface area contributed by atoms with Crippen LogP contribution in [-0.2, 0) is 4.79 Å². The fourth-order valence-electron chi connectivity index (χ4n) is 2.12. The summed E-state index contributed by atoms with van der Waals surface area (Å²) in [6.45, 7) is 3.64. The Morgan fingerprint density at radius 3 is 2.86 bits per heavy atom. The average molecular weight is 201 g/mol. The van der Waals surface area contributed by atoms with Crippen molar-refractivity contribution in [1.29, 1.82) is 0 Å². The summed E-state index contributed by atoms with van der Waals surface area (Å²) in [5, 5.41) is 18.0. The second kappa shape index (κ2) is 5.32. The SMILES string of the molecule is CC[C@@H](C(=O)O)N1CCC[C@H](CO)C1. The van der Waals surface area contributed by atoms with Gasteiger partial charge in [0.1, 0.15) is 6.04 Å². The quantitative estimate of drug-likeness (QED) is 0.697. The number of piperidine rings is 1. The molecule has 2 N–H and O–H groups in total. The summed E-state index contributed by atoms with van der Waals surface area (Å²) in [5.74, 6) is -0.483. The van der Waals surface area contributed by atoms with E-state index in [-0.39, 0.29) is 18.6 Å². The van der Waals surface area contributed by atoms with E-state index in [4.69, 9.17) is 10.2 Å². The molecule has 4 heteroatoms. The Morgan fingerprint density at radius 1 is 1.64 bits per heavy atom. The Balaban J connectivity index is 2.53. The summed E-state index contributed by atoms with van der Waals surface area (Å²) in [5.41, 5.74) is 0. The maximum Gasteiger partial charge on any atom is 0.320 e. The zero-order chi connectivity index (χ0) is 10.6. The molecule has 14 heavy (non-hydrogen) atoms. The molecular weight excluding hydrogens is 182 g/mol. The van der Waals surface area contributed by atoms with E-state index in [1.165, 1.54) is 0 Å². The van der Waals surface area contributed by atoms with Crippen LogP contribution in [0.25, 0.3) is 0 Å².